The average molecular weight is 300 g/mol. The molecule has 2 aromatic rings. The van der Waals surface area contributed by atoms with Crippen molar-refractivity contribution in [1.29, 1.82) is 0 Å². The Hall–Kier alpha value is -1.66. The summed E-state index contributed by atoms with van der Waals surface area (Å²) in [6, 6.07) is 4.93. The largest absolute Gasteiger partial charge is 0.348 e. The van der Waals surface area contributed by atoms with E-state index in [1.54, 1.807) is 18.2 Å². The van der Waals surface area contributed by atoms with Gasteiger partial charge in [-0.05, 0) is 35.0 Å². The van der Waals surface area contributed by atoms with Gasteiger partial charge in [0.1, 0.15) is 12.9 Å². The van der Waals surface area contributed by atoms with E-state index in [1.165, 1.54) is 11.0 Å². The molecule has 2 rings (SSSR count). The van der Waals surface area contributed by atoms with E-state index in [0.717, 1.165) is 5.56 Å². The van der Waals surface area contributed by atoms with E-state index >= 15 is 0 Å². The lowest BCUT2D eigenvalue weighted by Crippen LogP contribution is -2.30. The van der Waals surface area contributed by atoms with Crippen molar-refractivity contribution < 1.29 is 4.79 Å². The number of rotatable bonds is 4. The Morgan fingerprint density at radius 2 is 2.26 bits per heavy atom. The number of carbonyl (C=O) groups is 1. The summed E-state index contributed by atoms with van der Waals surface area (Å²) >= 11 is 11.9. The highest BCUT2D eigenvalue weighted by Gasteiger charge is 2.13. The molecule has 1 atom stereocenters. The predicted molar refractivity (Wildman–Crippen MR) is 70.8 cm³/mol. The number of aromatic nitrogens is 4. The first kappa shape index (κ1) is 13.8. The average Bonchev–Trinajstić information content (AvgIpc) is 2.81. The topological polar surface area (TPSA) is 72.7 Å². The third-order valence-corrected chi connectivity index (χ3v) is 3.07. The molecular formula is C11H11Cl2N5O. The van der Waals surface area contributed by atoms with Gasteiger partial charge in [0.05, 0.1) is 6.04 Å². The smallest absolute Gasteiger partial charge is 0.242 e. The molecular weight excluding hydrogens is 289 g/mol. The van der Waals surface area contributed by atoms with E-state index in [2.05, 4.69) is 20.8 Å². The standard InChI is InChI=1S/C11H11Cl2N5O/c1-7(9-3-2-8(12)4-10(9)13)15-11(19)5-18-6-14-16-17-18/h2-4,6-7H,5H2,1H3,(H,15,19). The van der Waals surface area contributed by atoms with Crippen LogP contribution in [-0.2, 0) is 11.3 Å². The second-order valence-corrected chi connectivity index (χ2v) is 4.81. The fourth-order valence-corrected chi connectivity index (χ4v) is 2.19. The van der Waals surface area contributed by atoms with Crippen molar-refractivity contribution in [3.63, 3.8) is 0 Å². The van der Waals surface area contributed by atoms with Gasteiger partial charge in [0.15, 0.2) is 0 Å². The SMILES string of the molecule is CC(NC(=O)Cn1cnnn1)c1ccc(Cl)cc1Cl. The van der Waals surface area contributed by atoms with Crippen LogP contribution in [0.15, 0.2) is 24.5 Å². The number of tetrazole rings is 1. The first-order valence-electron chi connectivity index (χ1n) is 5.51. The summed E-state index contributed by atoms with van der Waals surface area (Å²) in [4.78, 5) is 11.8. The normalized spacial score (nSPS) is 12.2. The van der Waals surface area contributed by atoms with Gasteiger partial charge in [-0.25, -0.2) is 4.68 Å². The zero-order valence-electron chi connectivity index (χ0n) is 10.0. The number of nitrogens with zero attached hydrogens (tertiary/aromatic N) is 4. The van der Waals surface area contributed by atoms with Gasteiger partial charge in [-0.1, -0.05) is 29.3 Å². The summed E-state index contributed by atoms with van der Waals surface area (Å²) in [5.41, 5.74) is 0.802. The van der Waals surface area contributed by atoms with Crippen LogP contribution in [0.4, 0.5) is 0 Å². The summed E-state index contributed by atoms with van der Waals surface area (Å²) in [6.07, 6.45) is 1.37. The lowest BCUT2D eigenvalue weighted by Gasteiger charge is -2.15. The molecule has 0 saturated carbocycles. The predicted octanol–water partition coefficient (Wildman–Crippen LogP) is 1.86. The van der Waals surface area contributed by atoms with Gasteiger partial charge >= 0.3 is 0 Å². The molecule has 1 amide bonds. The number of hydrogen-bond acceptors (Lipinski definition) is 4. The van der Waals surface area contributed by atoms with Crippen LogP contribution in [0.5, 0.6) is 0 Å². The minimum atomic E-state index is -0.228. The Balaban J connectivity index is 2.00. The van der Waals surface area contributed by atoms with Crippen LogP contribution in [-0.4, -0.2) is 26.1 Å². The lowest BCUT2D eigenvalue weighted by molar-refractivity contribution is -0.122. The maximum Gasteiger partial charge on any atom is 0.242 e. The van der Waals surface area contributed by atoms with Gasteiger partial charge in [0.2, 0.25) is 5.91 Å². The molecule has 1 unspecified atom stereocenters. The summed E-state index contributed by atoms with van der Waals surface area (Å²) in [5.74, 6) is -0.203. The van der Waals surface area contributed by atoms with E-state index < -0.39 is 0 Å². The molecule has 0 saturated heterocycles. The molecule has 1 N–H and O–H groups in total. The first-order chi connectivity index (χ1) is 9.06. The first-order valence-corrected chi connectivity index (χ1v) is 6.27. The van der Waals surface area contributed by atoms with E-state index in [-0.39, 0.29) is 18.5 Å². The van der Waals surface area contributed by atoms with Crippen molar-refractivity contribution in [3.05, 3.63) is 40.1 Å². The zero-order valence-corrected chi connectivity index (χ0v) is 11.6. The molecule has 6 nitrogen and oxygen atoms in total. The molecule has 0 fully saturated rings. The molecule has 0 radical (unpaired) electrons. The number of amides is 1. The van der Waals surface area contributed by atoms with Gasteiger partial charge < -0.3 is 5.32 Å². The lowest BCUT2D eigenvalue weighted by atomic mass is 10.1. The summed E-state index contributed by atoms with van der Waals surface area (Å²) in [6.45, 7) is 1.90. The monoisotopic (exact) mass is 299 g/mol. The van der Waals surface area contributed by atoms with E-state index in [1.807, 2.05) is 6.92 Å². The third-order valence-electron chi connectivity index (χ3n) is 2.50. The van der Waals surface area contributed by atoms with Gasteiger partial charge in [0, 0.05) is 10.0 Å². The van der Waals surface area contributed by atoms with E-state index in [9.17, 15) is 4.79 Å². The van der Waals surface area contributed by atoms with Crippen LogP contribution < -0.4 is 5.32 Å². The van der Waals surface area contributed by atoms with Crippen molar-refractivity contribution in [1.82, 2.24) is 25.5 Å². The number of hydrogen-bond donors (Lipinski definition) is 1. The molecule has 8 heteroatoms. The van der Waals surface area contributed by atoms with Crippen LogP contribution in [0.25, 0.3) is 0 Å². The quantitative estimate of drug-likeness (QED) is 0.935. The van der Waals surface area contributed by atoms with Gasteiger partial charge in [-0.3, -0.25) is 4.79 Å². The van der Waals surface area contributed by atoms with Crippen molar-refractivity contribution in [2.75, 3.05) is 0 Å². The zero-order chi connectivity index (χ0) is 13.8. The summed E-state index contributed by atoms with van der Waals surface area (Å²) in [7, 11) is 0. The Bertz CT molecular complexity index is 572. The maximum atomic E-state index is 11.8. The molecule has 1 aromatic carbocycles. The number of nitrogens with one attached hydrogen (secondary N) is 1. The Morgan fingerprint density at radius 3 is 2.89 bits per heavy atom. The Morgan fingerprint density at radius 1 is 1.47 bits per heavy atom. The second kappa shape index (κ2) is 5.99. The molecule has 1 aromatic heterocycles. The molecule has 100 valence electrons. The van der Waals surface area contributed by atoms with Crippen molar-refractivity contribution in [2.45, 2.75) is 19.5 Å². The fraction of sp³-hybridized carbons (Fsp3) is 0.273. The molecule has 0 aliphatic carbocycles. The second-order valence-electron chi connectivity index (χ2n) is 3.96. The molecule has 0 bridgehead atoms. The number of carbonyl (C=O) groups excluding carboxylic acids is 1. The molecule has 19 heavy (non-hydrogen) atoms. The van der Waals surface area contributed by atoms with Crippen molar-refractivity contribution >= 4 is 29.1 Å². The van der Waals surface area contributed by atoms with Crippen LogP contribution >= 0.6 is 23.2 Å². The minimum Gasteiger partial charge on any atom is -0.348 e. The minimum absolute atomic E-state index is 0.0581. The highest BCUT2D eigenvalue weighted by atomic mass is 35.5. The number of benzene rings is 1. The van der Waals surface area contributed by atoms with E-state index in [4.69, 9.17) is 23.2 Å². The highest BCUT2D eigenvalue weighted by Crippen LogP contribution is 2.25. The Labute approximate surface area is 119 Å². The molecule has 1 heterocycles. The van der Waals surface area contributed by atoms with Crippen LogP contribution in [0, 0.1) is 0 Å². The van der Waals surface area contributed by atoms with Gasteiger partial charge in [0.25, 0.3) is 0 Å². The van der Waals surface area contributed by atoms with Crippen LogP contribution in [0.1, 0.15) is 18.5 Å². The van der Waals surface area contributed by atoms with Crippen molar-refractivity contribution in [3.8, 4) is 0 Å². The summed E-state index contributed by atoms with van der Waals surface area (Å²) < 4.78 is 1.34. The van der Waals surface area contributed by atoms with Gasteiger partial charge in [-0.2, -0.15) is 0 Å². The van der Waals surface area contributed by atoms with Gasteiger partial charge in [-0.15, -0.1) is 5.10 Å². The summed E-state index contributed by atoms with van der Waals surface area (Å²) in [5, 5.41) is 14.4. The fourth-order valence-electron chi connectivity index (χ4n) is 1.62. The van der Waals surface area contributed by atoms with E-state index in [0.29, 0.717) is 10.0 Å². The maximum absolute atomic E-state index is 11.8. The molecule has 0 aliphatic rings. The van der Waals surface area contributed by atoms with Crippen molar-refractivity contribution in [2.24, 2.45) is 0 Å². The van der Waals surface area contributed by atoms with Crippen LogP contribution in [0.2, 0.25) is 10.0 Å². The highest BCUT2D eigenvalue weighted by molar-refractivity contribution is 6.35. The third kappa shape index (κ3) is 3.65. The molecule has 0 spiro atoms. The van der Waals surface area contributed by atoms with Crippen LogP contribution in [0.3, 0.4) is 0 Å². The molecule has 0 aliphatic heterocycles. The Kier molecular flexibility index (Phi) is 4.34. The number of halogens is 2.